The summed E-state index contributed by atoms with van der Waals surface area (Å²) >= 11 is 0. The lowest BCUT2D eigenvalue weighted by atomic mass is 9.91. The van der Waals surface area contributed by atoms with E-state index in [0.717, 1.165) is 0 Å². The van der Waals surface area contributed by atoms with Gasteiger partial charge in [0.1, 0.15) is 12.1 Å². The Hall–Kier alpha value is -3.86. The zero-order chi connectivity index (χ0) is 15.7. The Labute approximate surface area is 126 Å². The molecule has 0 fully saturated rings. The van der Waals surface area contributed by atoms with Gasteiger partial charge in [-0.3, -0.25) is 0 Å². The smallest absolute Gasteiger partial charge is 0.100 e. The van der Waals surface area contributed by atoms with Crippen LogP contribution in [0, 0.1) is 45.3 Å². The Bertz CT molecular complexity index is 1040. The SMILES string of the molecule is N#Cc1ccc2c(C#N)c3ccc(C#N)cc3c(C#N)c2c1. The molecular weight excluding hydrogens is 272 g/mol. The zero-order valence-electron chi connectivity index (χ0n) is 11.3. The molecule has 3 rings (SSSR count). The van der Waals surface area contributed by atoms with E-state index in [1.807, 2.05) is 12.1 Å². The fraction of sp³-hybridized carbons (Fsp3) is 0. The van der Waals surface area contributed by atoms with Crippen LogP contribution in [-0.4, -0.2) is 0 Å². The molecule has 0 unspecified atom stereocenters. The van der Waals surface area contributed by atoms with Gasteiger partial charge in [0.05, 0.1) is 34.4 Å². The molecule has 98 valence electrons. The highest BCUT2D eigenvalue weighted by Crippen LogP contribution is 2.33. The first-order valence-corrected chi connectivity index (χ1v) is 6.37. The van der Waals surface area contributed by atoms with Gasteiger partial charge in [0.15, 0.2) is 0 Å². The lowest BCUT2D eigenvalue weighted by molar-refractivity contribution is 1.47. The van der Waals surface area contributed by atoms with Crippen molar-refractivity contribution in [2.75, 3.05) is 0 Å². The highest BCUT2D eigenvalue weighted by molar-refractivity contribution is 6.09. The van der Waals surface area contributed by atoms with Crippen LogP contribution >= 0.6 is 0 Å². The molecule has 0 radical (unpaired) electrons. The van der Waals surface area contributed by atoms with E-state index in [9.17, 15) is 10.5 Å². The van der Waals surface area contributed by atoms with Crippen LogP contribution in [0.4, 0.5) is 0 Å². The first-order valence-electron chi connectivity index (χ1n) is 6.37. The van der Waals surface area contributed by atoms with Gasteiger partial charge >= 0.3 is 0 Å². The minimum absolute atomic E-state index is 0.373. The highest BCUT2D eigenvalue weighted by Gasteiger charge is 2.14. The van der Waals surface area contributed by atoms with Crippen LogP contribution in [0.2, 0.25) is 0 Å². The van der Waals surface area contributed by atoms with Crippen LogP contribution in [0.3, 0.4) is 0 Å². The van der Waals surface area contributed by atoms with Gasteiger partial charge in [-0.15, -0.1) is 0 Å². The van der Waals surface area contributed by atoms with Crippen molar-refractivity contribution in [3.63, 3.8) is 0 Å². The van der Waals surface area contributed by atoms with Crippen LogP contribution in [0.5, 0.6) is 0 Å². The topological polar surface area (TPSA) is 95.2 Å². The fourth-order valence-corrected chi connectivity index (χ4v) is 2.61. The van der Waals surface area contributed by atoms with Gasteiger partial charge < -0.3 is 0 Å². The molecule has 0 aliphatic heterocycles. The second kappa shape index (κ2) is 4.92. The highest BCUT2D eigenvalue weighted by atomic mass is 14.3. The molecule has 0 N–H and O–H groups in total. The lowest BCUT2D eigenvalue weighted by Crippen LogP contribution is -1.91. The fourth-order valence-electron chi connectivity index (χ4n) is 2.61. The van der Waals surface area contributed by atoms with Gasteiger partial charge in [0.2, 0.25) is 0 Å². The number of rotatable bonds is 0. The van der Waals surface area contributed by atoms with Crippen molar-refractivity contribution < 1.29 is 0 Å². The molecule has 0 heterocycles. The van der Waals surface area contributed by atoms with Gasteiger partial charge in [-0.25, -0.2) is 0 Å². The van der Waals surface area contributed by atoms with Gasteiger partial charge in [-0.1, -0.05) is 12.1 Å². The minimum atomic E-state index is 0.373. The standard InChI is InChI=1S/C18H6N4/c19-7-11-1-3-13-15(5-11)18(10-22)16-6-12(8-20)2-4-14(16)17(13)9-21/h1-6H. The molecule has 0 atom stereocenters. The molecule has 4 nitrogen and oxygen atoms in total. The van der Waals surface area contributed by atoms with E-state index in [-0.39, 0.29) is 0 Å². The van der Waals surface area contributed by atoms with Gasteiger partial charge in [-0.05, 0) is 24.3 Å². The third-order valence-electron chi connectivity index (χ3n) is 3.60. The van der Waals surface area contributed by atoms with Gasteiger partial charge in [0, 0.05) is 21.5 Å². The molecule has 22 heavy (non-hydrogen) atoms. The predicted octanol–water partition coefficient (Wildman–Crippen LogP) is 3.48. The maximum atomic E-state index is 9.53. The summed E-state index contributed by atoms with van der Waals surface area (Å²) in [5, 5.41) is 39.5. The van der Waals surface area contributed by atoms with E-state index in [2.05, 4.69) is 12.1 Å². The summed E-state index contributed by atoms with van der Waals surface area (Å²) in [6.07, 6.45) is 0. The van der Waals surface area contributed by atoms with E-state index in [0.29, 0.717) is 43.8 Å². The van der Waals surface area contributed by atoms with E-state index < -0.39 is 0 Å². The number of nitriles is 4. The van der Waals surface area contributed by atoms with Crippen molar-refractivity contribution in [2.45, 2.75) is 0 Å². The molecule has 0 aliphatic carbocycles. The molecule has 0 spiro atoms. The first-order chi connectivity index (χ1) is 10.7. The minimum Gasteiger partial charge on any atom is -0.192 e. The molecule has 3 aromatic rings. The Balaban J connectivity index is 2.66. The van der Waals surface area contributed by atoms with Crippen molar-refractivity contribution in [1.82, 2.24) is 0 Å². The number of fused-ring (bicyclic) bond motifs is 2. The average Bonchev–Trinajstić information content (AvgIpc) is 2.58. The third kappa shape index (κ3) is 1.74. The Kier molecular flexibility index (Phi) is 2.94. The largest absolute Gasteiger partial charge is 0.192 e. The summed E-state index contributed by atoms with van der Waals surface area (Å²) < 4.78 is 0. The van der Waals surface area contributed by atoms with Crippen molar-refractivity contribution in [3.8, 4) is 24.3 Å². The molecule has 0 aliphatic rings. The van der Waals surface area contributed by atoms with E-state index >= 15 is 0 Å². The molecular formula is C18H6N4. The second-order valence-electron chi connectivity index (χ2n) is 4.72. The van der Waals surface area contributed by atoms with Crippen molar-refractivity contribution in [2.24, 2.45) is 0 Å². The molecule has 0 saturated heterocycles. The Morgan fingerprint density at radius 3 is 1.27 bits per heavy atom. The molecule has 0 saturated carbocycles. The van der Waals surface area contributed by atoms with Crippen LogP contribution in [0.25, 0.3) is 21.5 Å². The number of hydrogen-bond acceptors (Lipinski definition) is 4. The average molecular weight is 278 g/mol. The van der Waals surface area contributed by atoms with Crippen LogP contribution in [-0.2, 0) is 0 Å². The van der Waals surface area contributed by atoms with Gasteiger partial charge in [-0.2, -0.15) is 21.0 Å². The van der Waals surface area contributed by atoms with Crippen LogP contribution in [0.15, 0.2) is 36.4 Å². The monoisotopic (exact) mass is 278 g/mol. The molecule has 0 aromatic heterocycles. The summed E-state index contributed by atoms with van der Waals surface area (Å²) in [4.78, 5) is 0. The number of nitrogens with zero attached hydrogens (tertiary/aromatic N) is 4. The van der Waals surface area contributed by atoms with Crippen molar-refractivity contribution >= 4 is 21.5 Å². The second-order valence-corrected chi connectivity index (χ2v) is 4.72. The summed E-state index contributed by atoms with van der Waals surface area (Å²) in [7, 11) is 0. The van der Waals surface area contributed by atoms with E-state index in [1.165, 1.54) is 0 Å². The third-order valence-corrected chi connectivity index (χ3v) is 3.60. The Morgan fingerprint density at radius 2 is 0.909 bits per heavy atom. The normalized spacial score (nSPS) is 9.64. The molecule has 0 bridgehead atoms. The lowest BCUT2D eigenvalue weighted by Gasteiger charge is -2.09. The van der Waals surface area contributed by atoms with Crippen molar-refractivity contribution in [3.05, 3.63) is 58.7 Å². The molecule has 3 aromatic carbocycles. The quantitative estimate of drug-likeness (QED) is 0.588. The summed E-state index contributed by atoms with van der Waals surface area (Å²) in [6, 6.07) is 18.2. The zero-order valence-corrected chi connectivity index (χ0v) is 11.3. The first kappa shape index (κ1) is 13.1. The molecule has 0 amide bonds. The maximum Gasteiger partial charge on any atom is 0.100 e. The predicted molar refractivity (Wildman–Crippen MR) is 80.3 cm³/mol. The van der Waals surface area contributed by atoms with Crippen LogP contribution < -0.4 is 0 Å². The van der Waals surface area contributed by atoms with Crippen molar-refractivity contribution in [1.29, 1.82) is 21.0 Å². The molecule has 4 heteroatoms. The number of benzene rings is 3. The van der Waals surface area contributed by atoms with Crippen LogP contribution in [0.1, 0.15) is 22.3 Å². The Morgan fingerprint density at radius 1 is 0.500 bits per heavy atom. The number of hydrogen-bond donors (Lipinski definition) is 0. The van der Waals surface area contributed by atoms with E-state index in [4.69, 9.17) is 10.5 Å². The summed E-state index contributed by atoms with van der Waals surface area (Å²) in [5.74, 6) is 0. The van der Waals surface area contributed by atoms with E-state index in [1.54, 1.807) is 36.4 Å². The maximum absolute atomic E-state index is 9.53. The summed E-state index contributed by atoms with van der Waals surface area (Å²) in [5.41, 5.74) is 1.66. The van der Waals surface area contributed by atoms with Gasteiger partial charge in [0.25, 0.3) is 0 Å². The summed E-state index contributed by atoms with van der Waals surface area (Å²) in [6.45, 7) is 0.